The lowest BCUT2D eigenvalue weighted by atomic mass is 9.83. The molecule has 1 unspecified atom stereocenters. The van der Waals surface area contributed by atoms with E-state index >= 15 is 0 Å². The van der Waals surface area contributed by atoms with Crippen LogP contribution in [0.2, 0.25) is 0 Å². The average Bonchev–Trinajstić information content (AvgIpc) is 4.49. The summed E-state index contributed by atoms with van der Waals surface area (Å²) in [5.74, 6) is 0.152. The first-order valence-electron chi connectivity index (χ1n) is 28.3. The van der Waals surface area contributed by atoms with Crippen molar-refractivity contribution in [1.29, 1.82) is 0 Å². The molecule has 9 nitrogen and oxygen atoms in total. The van der Waals surface area contributed by atoms with Gasteiger partial charge in [-0.2, -0.15) is 0 Å². The normalized spacial score (nSPS) is 13.7. The van der Waals surface area contributed by atoms with Crippen molar-refractivity contribution in [2.24, 2.45) is 0 Å². The van der Waals surface area contributed by atoms with Crippen molar-refractivity contribution in [1.82, 2.24) is 33.6 Å². The molecular formula is C74H52N8O. The second-order valence-electron chi connectivity index (χ2n) is 21.4. The van der Waals surface area contributed by atoms with Gasteiger partial charge in [0.2, 0.25) is 0 Å². The smallest absolute Gasteiger partial charge is 0.159 e. The van der Waals surface area contributed by atoms with Gasteiger partial charge in [-0.3, -0.25) is 19.9 Å². The molecule has 8 heterocycles. The van der Waals surface area contributed by atoms with Crippen LogP contribution in [0.5, 0.6) is 0 Å². The summed E-state index contributed by atoms with van der Waals surface area (Å²) in [7, 11) is 0. The number of nitrogens with zero attached hydrogens (tertiary/aromatic N) is 7. The van der Waals surface area contributed by atoms with Crippen LogP contribution in [0.3, 0.4) is 0 Å². The summed E-state index contributed by atoms with van der Waals surface area (Å²) in [5.41, 5.74) is 30.2. The summed E-state index contributed by atoms with van der Waals surface area (Å²) in [6.45, 7) is 2.15. The summed E-state index contributed by atoms with van der Waals surface area (Å²) >= 11 is 0. The van der Waals surface area contributed by atoms with Gasteiger partial charge in [-0.25, -0.2) is 0 Å². The highest BCUT2D eigenvalue weighted by Gasteiger charge is 2.26. The number of para-hydroxylation sites is 1. The number of anilines is 1. The molecule has 16 rings (SSSR count). The Labute approximate surface area is 477 Å². The van der Waals surface area contributed by atoms with Crippen LogP contribution in [-0.2, 0) is 0 Å². The Morgan fingerprint density at radius 3 is 1.92 bits per heavy atom. The van der Waals surface area contributed by atoms with Crippen LogP contribution in [0.1, 0.15) is 42.6 Å². The maximum Gasteiger partial charge on any atom is 0.159 e. The molecule has 0 fully saturated rings. The van der Waals surface area contributed by atoms with Crippen molar-refractivity contribution in [3.63, 3.8) is 0 Å². The van der Waals surface area contributed by atoms with E-state index in [4.69, 9.17) is 30.1 Å². The van der Waals surface area contributed by atoms with E-state index in [1.165, 1.54) is 11.1 Å². The molecule has 15 aromatic rings. The minimum Gasteiger partial charge on any atom is -0.454 e. The fourth-order valence-corrected chi connectivity index (χ4v) is 12.9. The lowest BCUT2D eigenvalue weighted by molar-refractivity contribution is 0.666. The van der Waals surface area contributed by atoms with E-state index in [1.807, 2.05) is 55.1 Å². The summed E-state index contributed by atoms with van der Waals surface area (Å²) < 4.78 is 14.2. The van der Waals surface area contributed by atoms with E-state index in [1.54, 1.807) is 0 Å². The van der Waals surface area contributed by atoms with Gasteiger partial charge >= 0.3 is 0 Å². The van der Waals surface area contributed by atoms with Crippen LogP contribution < -0.4 is 5.73 Å². The van der Waals surface area contributed by atoms with Crippen LogP contribution in [0.4, 0.5) is 5.69 Å². The lowest BCUT2D eigenvalue weighted by Crippen LogP contribution is -2.05. The first-order valence-corrected chi connectivity index (χ1v) is 28.3. The average molecular weight is 1070 g/mol. The van der Waals surface area contributed by atoms with Crippen LogP contribution in [0.15, 0.2) is 254 Å². The summed E-state index contributed by atoms with van der Waals surface area (Å²) in [5, 5.41) is 5.07. The Kier molecular flexibility index (Phi) is 11.2. The molecule has 0 bridgehead atoms. The van der Waals surface area contributed by atoms with Gasteiger partial charge < -0.3 is 23.9 Å². The van der Waals surface area contributed by atoms with E-state index < -0.39 is 0 Å². The van der Waals surface area contributed by atoms with Gasteiger partial charge in [0.25, 0.3) is 0 Å². The number of fused-ring (bicyclic) bond motifs is 10. The van der Waals surface area contributed by atoms with Crippen LogP contribution >= 0.6 is 0 Å². The molecule has 83 heavy (non-hydrogen) atoms. The number of hydrogen-bond donors (Lipinski definition) is 1. The third-order valence-electron chi connectivity index (χ3n) is 16.7. The zero-order valence-electron chi connectivity index (χ0n) is 45.4. The first kappa shape index (κ1) is 48.0. The molecule has 0 spiro atoms. The molecule has 1 atom stereocenters. The molecule has 2 N–H and O–H groups in total. The second kappa shape index (κ2) is 19.4. The highest BCUT2D eigenvalue weighted by molar-refractivity contribution is 6.14. The highest BCUT2D eigenvalue weighted by Crippen LogP contribution is 2.46. The zero-order chi connectivity index (χ0) is 55.1. The van der Waals surface area contributed by atoms with Crippen molar-refractivity contribution in [3.05, 3.63) is 266 Å². The molecule has 0 saturated carbocycles. The summed E-state index contributed by atoms with van der Waals surface area (Å²) in [4.78, 5) is 19.6. The van der Waals surface area contributed by atoms with Gasteiger partial charge in [-0.1, -0.05) is 104 Å². The number of nitrogens with two attached hydrogens (primary N) is 1. The maximum absolute atomic E-state index is 7.46. The zero-order valence-corrected chi connectivity index (χ0v) is 45.4. The Hall–Kier alpha value is -10.9. The van der Waals surface area contributed by atoms with E-state index in [9.17, 15) is 0 Å². The highest BCUT2D eigenvalue weighted by atomic mass is 16.3. The predicted octanol–water partition coefficient (Wildman–Crippen LogP) is 18.4. The maximum atomic E-state index is 7.46. The van der Waals surface area contributed by atoms with Crippen LogP contribution in [-0.4, -0.2) is 33.6 Å². The minimum absolute atomic E-state index is 0.152. The number of benzene rings is 7. The van der Waals surface area contributed by atoms with Crippen LogP contribution in [0.25, 0.3) is 139 Å². The Morgan fingerprint density at radius 1 is 0.506 bits per heavy atom. The molecule has 8 aromatic heterocycles. The monoisotopic (exact) mass is 1070 g/mol. The SMILES string of the molecule is CC/C=C\c1c(N)c2cc(-c3ccccc3-c3ccccn3)ccc2n1-c1cc(-c2ccc3c(c2)c2ncccc2n3-c2ccccc2)cc2c1oc1ccc(-n3c4ccc(C5CC=CC=C5c5ccccn5)cc4c4ncccc43)cc12. The van der Waals surface area contributed by atoms with E-state index in [0.29, 0.717) is 5.69 Å². The van der Waals surface area contributed by atoms with Crippen LogP contribution in [0, 0.1) is 0 Å². The lowest BCUT2D eigenvalue weighted by Gasteiger charge is -2.22. The number of hydrogen-bond acceptors (Lipinski definition) is 6. The van der Waals surface area contributed by atoms with Gasteiger partial charge in [0, 0.05) is 74.6 Å². The van der Waals surface area contributed by atoms with E-state index in [0.717, 1.165) is 152 Å². The molecule has 0 aliphatic heterocycles. The second-order valence-corrected chi connectivity index (χ2v) is 21.4. The van der Waals surface area contributed by atoms with E-state index in [-0.39, 0.29) is 5.92 Å². The third-order valence-corrected chi connectivity index (χ3v) is 16.7. The summed E-state index contributed by atoms with van der Waals surface area (Å²) in [6.07, 6.45) is 20.2. The quantitative estimate of drug-likeness (QED) is 0.146. The number of furan rings is 1. The van der Waals surface area contributed by atoms with Crippen molar-refractivity contribution >= 4 is 94.1 Å². The van der Waals surface area contributed by atoms with Crippen molar-refractivity contribution in [2.75, 3.05) is 5.73 Å². The fourth-order valence-electron chi connectivity index (χ4n) is 12.9. The molecule has 1 aliphatic carbocycles. The number of pyridine rings is 4. The van der Waals surface area contributed by atoms with Crippen molar-refractivity contribution < 1.29 is 4.42 Å². The van der Waals surface area contributed by atoms with Gasteiger partial charge in [0.15, 0.2) is 5.58 Å². The third kappa shape index (κ3) is 7.76. The van der Waals surface area contributed by atoms with Gasteiger partial charge in [-0.15, -0.1) is 0 Å². The Morgan fingerprint density at radius 2 is 1.16 bits per heavy atom. The number of rotatable bonds is 10. The molecule has 394 valence electrons. The molecule has 1 aliphatic rings. The molecular weight excluding hydrogens is 1020 g/mol. The first-order chi connectivity index (χ1) is 41.1. The molecule has 0 saturated heterocycles. The van der Waals surface area contributed by atoms with Gasteiger partial charge in [-0.05, 0) is 180 Å². The molecule has 0 radical (unpaired) electrons. The van der Waals surface area contributed by atoms with Gasteiger partial charge in [0.1, 0.15) is 5.58 Å². The molecule has 9 heteroatoms. The molecule has 7 aromatic carbocycles. The van der Waals surface area contributed by atoms with Crippen molar-refractivity contribution in [2.45, 2.75) is 25.7 Å². The Bertz CT molecular complexity index is 5180. The minimum atomic E-state index is 0.152. The fraction of sp³-hybridized carbons (Fsp3) is 0.0541. The number of allylic oxidation sites excluding steroid dienone is 5. The predicted molar refractivity (Wildman–Crippen MR) is 341 cm³/mol. The topological polar surface area (TPSA) is 106 Å². The van der Waals surface area contributed by atoms with E-state index in [2.05, 4.69) is 221 Å². The summed E-state index contributed by atoms with van der Waals surface area (Å²) in [6, 6.07) is 71.0. The number of nitrogen functional groups attached to an aromatic ring is 1. The Balaban J connectivity index is 0.922. The van der Waals surface area contributed by atoms with Gasteiger partial charge in [0.05, 0.1) is 67.1 Å². The molecule has 0 amide bonds. The van der Waals surface area contributed by atoms with Crippen molar-refractivity contribution in [3.8, 4) is 50.6 Å². The largest absolute Gasteiger partial charge is 0.454 e. The standard InChI is InChI=1S/C74H52N8O/c1-2-3-25-66-71(75)58-41-47(52-19-7-9-21-54(52)61-23-11-13-36-76-61)29-33-63(58)82(66)69-44-49(46-28-32-64-59(40-46)72-67(26-15-38-78-72)80(64)50-17-5-4-6-18-50)43-57-56-45-51(31-35-70(56)83-74(57)69)81-65-34-30-48(42-60(65)73-68(81)27-16-39-79-73)53-20-8-10-22-55(53)62-24-12-14-37-77-62/h3-19,21-45,53H,2,20,75H2,1H3/b25-3-. The number of aromatic nitrogens is 7.